The first-order valence-corrected chi connectivity index (χ1v) is 8.25. The molecule has 0 saturated heterocycles. The van der Waals surface area contributed by atoms with Crippen molar-refractivity contribution in [3.8, 4) is 0 Å². The van der Waals surface area contributed by atoms with Gasteiger partial charge >= 0.3 is 5.97 Å². The number of anilines is 1. The molecule has 124 valence electrons. The topological polar surface area (TPSA) is 70.5 Å². The third kappa shape index (κ3) is 2.68. The standard InChI is InChI=1S/C18H11FN2O3S/c19-10-5-6-11-12(18(24)21(9-17(22)23)14(11)7-10)8-16-20-13-3-1-2-4-15(13)25-16/h1-8H,9H2,(H,22,23)/b12-8-. The Kier molecular flexibility index (Phi) is 3.58. The Labute approximate surface area is 145 Å². The zero-order valence-corrected chi connectivity index (χ0v) is 13.6. The van der Waals surface area contributed by atoms with Crippen molar-refractivity contribution >= 4 is 50.8 Å². The Bertz CT molecular complexity index is 1020. The van der Waals surface area contributed by atoms with Gasteiger partial charge in [-0.05, 0) is 36.4 Å². The van der Waals surface area contributed by atoms with E-state index in [2.05, 4.69) is 4.98 Å². The molecular weight excluding hydrogens is 343 g/mol. The maximum atomic E-state index is 13.6. The SMILES string of the molecule is O=C(O)CN1C(=O)/C(=C\c2nc3ccccc3s2)c2ccc(F)cc21. The third-order valence-corrected chi connectivity index (χ3v) is 4.87. The second-order valence-corrected chi connectivity index (χ2v) is 6.59. The van der Waals surface area contributed by atoms with E-state index in [1.54, 1.807) is 6.08 Å². The van der Waals surface area contributed by atoms with Crippen molar-refractivity contribution in [3.63, 3.8) is 0 Å². The lowest BCUT2D eigenvalue weighted by Gasteiger charge is -2.13. The molecule has 2 heterocycles. The second-order valence-electron chi connectivity index (χ2n) is 5.52. The molecule has 1 aromatic heterocycles. The molecule has 0 fully saturated rings. The minimum absolute atomic E-state index is 0.264. The van der Waals surface area contributed by atoms with Crippen molar-refractivity contribution in [2.75, 3.05) is 11.4 Å². The predicted molar refractivity (Wildman–Crippen MR) is 93.9 cm³/mol. The Balaban J connectivity index is 1.84. The lowest BCUT2D eigenvalue weighted by Crippen LogP contribution is -2.32. The van der Waals surface area contributed by atoms with E-state index in [1.807, 2.05) is 24.3 Å². The van der Waals surface area contributed by atoms with E-state index in [1.165, 1.54) is 29.5 Å². The highest BCUT2D eigenvalue weighted by molar-refractivity contribution is 7.19. The Morgan fingerprint density at radius 3 is 2.84 bits per heavy atom. The van der Waals surface area contributed by atoms with Crippen LogP contribution in [0.25, 0.3) is 21.9 Å². The Hall–Kier alpha value is -3.06. The number of fused-ring (bicyclic) bond motifs is 2. The van der Waals surface area contributed by atoms with Gasteiger partial charge in [0.25, 0.3) is 5.91 Å². The average Bonchev–Trinajstić information content (AvgIpc) is 3.09. The number of carboxylic acid groups (broad SMARTS) is 1. The van der Waals surface area contributed by atoms with Crippen molar-refractivity contribution < 1.29 is 19.1 Å². The molecule has 25 heavy (non-hydrogen) atoms. The number of nitrogens with zero attached hydrogens (tertiary/aromatic N) is 2. The number of hydrogen-bond donors (Lipinski definition) is 1. The van der Waals surface area contributed by atoms with E-state index in [-0.39, 0.29) is 5.69 Å². The molecule has 1 aliphatic rings. The van der Waals surface area contributed by atoms with Crippen LogP contribution in [0.1, 0.15) is 10.6 Å². The van der Waals surface area contributed by atoms with Crippen LogP contribution in [0.4, 0.5) is 10.1 Å². The van der Waals surface area contributed by atoms with Gasteiger partial charge in [-0.2, -0.15) is 0 Å². The van der Waals surface area contributed by atoms with Crippen LogP contribution < -0.4 is 4.90 Å². The molecule has 1 amide bonds. The first-order valence-electron chi connectivity index (χ1n) is 7.44. The number of amides is 1. The summed E-state index contributed by atoms with van der Waals surface area (Å²) in [6.07, 6.45) is 1.63. The minimum Gasteiger partial charge on any atom is -0.480 e. The molecular formula is C18H11FN2O3S. The van der Waals surface area contributed by atoms with Crippen molar-refractivity contribution in [2.24, 2.45) is 0 Å². The van der Waals surface area contributed by atoms with E-state index in [0.717, 1.165) is 15.1 Å². The molecule has 0 atom stereocenters. The fourth-order valence-electron chi connectivity index (χ4n) is 2.83. The molecule has 0 aliphatic carbocycles. The van der Waals surface area contributed by atoms with Crippen LogP contribution in [0.15, 0.2) is 42.5 Å². The number of hydrogen-bond acceptors (Lipinski definition) is 4. The molecule has 0 radical (unpaired) electrons. The van der Waals surface area contributed by atoms with Crippen LogP contribution in [0.2, 0.25) is 0 Å². The lowest BCUT2D eigenvalue weighted by molar-refractivity contribution is -0.136. The summed E-state index contributed by atoms with van der Waals surface area (Å²) >= 11 is 1.43. The van der Waals surface area contributed by atoms with Gasteiger partial charge in [0.15, 0.2) is 0 Å². The maximum absolute atomic E-state index is 13.6. The van der Waals surface area contributed by atoms with Gasteiger partial charge in [0.1, 0.15) is 17.4 Å². The Morgan fingerprint density at radius 2 is 2.08 bits per heavy atom. The van der Waals surface area contributed by atoms with Crippen LogP contribution in [0.5, 0.6) is 0 Å². The normalized spacial score (nSPS) is 15.2. The minimum atomic E-state index is -1.16. The summed E-state index contributed by atoms with van der Waals surface area (Å²) in [4.78, 5) is 29.3. The largest absolute Gasteiger partial charge is 0.480 e. The molecule has 0 saturated carbocycles. The molecule has 2 aromatic carbocycles. The van der Waals surface area contributed by atoms with Crippen molar-refractivity contribution in [2.45, 2.75) is 0 Å². The van der Waals surface area contributed by atoms with Gasteiger partial charge in [-0.3, -0.25) is 14.5 Å². The summed E-state index contributed by atoms with van der Waals surface area (Å²) in [7, 11) is 0. The highest BCUT2D eigenvalue weighted by atomic mass is 32.1. The fraction of sp³-hybridized carbons (Fsp3) is 0.0556. The quantitative estimate of drug-likeness (QED) is 0.732. The summed E-state index contributed by atoms with van der Waals surface area (Å²) in [5, 5.41) is 9.68. The van der Waals surface area contributed by atoms with Gasteiger partial charge in [0.05, 0.1) is 21.5 Å². The third-order valence-electron chi connectivity index (χ3n) is 3.89. The van der Waals surface area contributed by atoms with Crippen molar-refractivity contribution in [1.29, 1.82) is 0 Å². The lowest BCUT2D eigenvalue weighted by atomic mass is 10.1. The van der Waals surface area contributed by atoms with Gasteiger partial charge in [-0.1, -0.05) is 12.1 Å². The van der Waals surface area contributed by atoms with Gasteiger partial charge in [0, 0.05) is 5.56 Å². The second kappa shape index (κ2) is 5.78. The summed E-state index contributed by atoms with van der Waals surface area (Å²) < 4.78 is 14.6. The van der Waals surface area contributed by atoms with Crippen LogP contribution in [-0.2, 0) is 9.59 Å². The van der Waals surface area contributed by atoms with Crippen LogP contribution in [-0.4, -0.2) is 28.5 Å². The monoisotopic (exact) mass is 354 g/mol. The fourth-order valence-corrected chi connectivity index (χ4v) is 3.74. The van der Waals surface area contributed by atoms with E-state index >= 15 is 0 Å². The van der Waals surface area contributed by atoms with Crippen LogP contribution >= 0.6 is 11.3 Å². The smallest absolute Gasteiger partial charge is 0.323 e. The van der Waals surface area contributed by atoms with Gasteiger partial charge in [0.2, 0.25) is 0 Å². The highest BCUT2D eigenvalue weighted by Crippen LogP contribution is 2.38. The number of carbonyl (C=O) groups excluding carboxylic acids is 1. The number of benzene rings is 2. The summed E-state index contributed by atoms with van der Waals surface area (Å²) in [5.41, 5.74) is 1.91. The first kappa shape index (κ1) is 15.5. The van der Waals surface area contributed by atoms with E-state index in [0.29, 0.717) is 16.1 Å². The number of thiazole rings is 1. The van der Waals surface area contributed by atoms with Gasteiger partial charge in [-0.25, -0.2) is 9.37 Å². The van der Waals surface area contributed by atoms with Crippen LogP contribution in [0, 0.1) is 5.82 Å². The summed E-state index contributed by atoms with van der Waals surface area (Å²) in [6, 6.07) is 11.5. The predicted octanol–water partition coefficient (Wildman–Crippen LogP) is 3.41. The number of aliphatic carboxylic acids is 1. The van der Waals surface area contributed by atoms with E-state index in [9.17, 15) is 14.0 Å². The molecule has 4 rings (SSSR count). The molecule has 0 unspecified atom stereocenters. The Morgan fingerprint density at radius 1 is 1.28 bits per heavy atom. The van der Waals surface area contributed by atoms with Gasteiger partial charge < -0.3 is 5.11 Å². The van der Waals surface area contributed by atoms with Gasteiger partial charge in [-0.15, -0.1) is 11.3 Å². The highest BCUT2D eigenvalue weighted by Gasteiger charge is 2.34. The molecule has 1 N–H and O–H groups in total. The van der Waals surface area contributed by atoms with Crippen molar-refractivity contribution in [3.05, 3.63) is 58.9 Å². The average molecular weight is 354 g/mol. The zero-order valence-electron chi connectivity index (χ0n) is 12.8. The molecule has 3 aromatic rings. The van der Waals surface area contributed by atoms with Crippen molar-refractivity contribution in [1.82, 2.24) is 4.98 Å². The maximum Gasteiger partial charge on any atom is 0.323 e. The summed E-state index contributed by atoms with van der Waals surface area (Å²) in [6.45, 7) is -0.521. The molecule has 0 bridgehead atoms. The first-order chi connectivity index (χ1) is 12.0. The van der Waals surface area contributed by atoms with E-state index in [4.69, 9.17) is 5.11 Å². The number of para-hydroxylation sites is 1. The zero-order chi connectivity index (χ0) is 17.6. The summed E-state index contributed by atoms with van der Waals surface area (Å²) in [5.74, 6) is -2.16. The molecule has 5 nitrogen and oxygen atoms in total. The number of rotatable bonds is 3. The molecule has 1 aliphatic heterocycles. The number of carboxylic acids is 1. The van der Waals surface area contributed by atoms with E-state index < -0.39 is 24.2 Å². The van der Waals surface area contributed by atoms with Crippen LogP contribution in [0.3, 0.4) is 0 Å². The number of aromatic nitrogens is 1. The number of carbonyl (C=O) groups is 2. The number of halogens is 1. The molecule has 0 spiro atoms. The molecule has 7 heteroatoms.